The van der Waals surface area contributed by atoms with Gasteiger partial charge in [-0.15, -0.1) is 0 Å². The Labute approximate surface area is 110 Å². The van der Waals surface area contributed by atoms with Crippen LogP contribution in [0.2, 0.25) is 0 Å². The van der Waals surface area contributed by atoms with E-state index in [1.165, 1.54) is 5.56 Å². The molecule has 0 radical (unpaired) electrons. The zero-order valence-electron chi connectivity index (χ0n) is 11.6. The van der Waals surface area contributed by atoms with Crippen molar-refractivity contribution in [3.05, 3.63) is 35.9 Å². The van der Waals surface area contributed by atoms with Crippen molar-refractivity contribution >= 4 is 0 Å². The molecule has 0 saturated heterocycles. The van der Waals surface area contributed by atoms with Crippen molar-refractivity contribution < 1.29 is 9.84 Å². The Morgan fingerprint density at radius 2 is 1.89 bits per heavy atom. The average Bonchev–Trinajstić information content (AvgIpc) is 2.38. The van der Waals surface area contributed by atoms with Gasteiger partial charge in [0.15, 0.2) is 0 Å². The number of aliphatic hydroxyl groups excluding tert-OH is 1. The minimum Gasteiger partial charge on any atom is -0.395 e. The van der Waals surface area contributed by atoms with Gasteiger partial charge in [0.2, 0.25) is 0 Å². The zero-order chi connectivity index (χ0) is 13.4. The Bertz CT molecular complexity index is 314. The van der Waals surface area contributed by atoms with Gasteiger partial charge in [-0.1, -0.05) is 44.2 Å². The molecular weight excluding hydrogens is 226 g/mol. The molecule has 1 aromatic carbocycles. The van der Waals surface area contributed by atoms with Crippen LogP contribution in [0.15, 0.2) is 30.3 Å². The molecule has 2 atom stereocenters. The quantitative estimate of drug-likeness (QED) is 0.741. The molecule has 3 heteroatoms. The van der Waals surface area contributed by atoms with Crippen molar-refractivity contribution in [2.45, 2.75) is 32.4 Å². The van der Waals surface area contributed by atoms with Crippen LogP contribution in [0.25, 0.3) is 0 Å². The highest BCUT2D eigenvalue weighted by Crippen LogP contribution is 2.07. The van der Waals surface area contributed by atoms with Crippen LogP contribution >= 0.6 is 0 Å². The molecular formula is C15H25NO2. The zero-order valence-corrected chi connectivity index (χ0v) is 11.6. The van der Waals surface area contributed by atoms with Crippen molar-refractivity contribution in [1.29, 1.82) is 0 Å². The van der Waals surface area contributed by atoms with Gasteiger partial charge in [0.1, 0.15) is 0 Å². The van der Waals surface area contributed by atoms with E-state index in [4.69, 9.17) is 4.74 Å². The van der Waals surface area contributed by atoms with E-state index in [0.29, 0.717) is 12.5 Å². The lowest BCUT2D eigenvalue weighted by Gasteiger charge is -2.27. The van der Waals surface area contributed by atoms with Crippen molar-refractivity contribution in [3.8, 4) is 0 Å². The van der Waals surface area contributed by atoms with Gasteiger partial charge in [-0.2, -0.15) is 0 Å². The number of methoxy groups -OCH3 is 1. The SMILES string of the molecule is COCC(N[C@@H](CO)Cc1ccccc1)C(C)C. The van der Waals surface area contributed by atoms with Crippen LogP contribution in [-0.4, -0.2) is 37.5 Å². The number of rotatable bonds is 8. The van der Waals surface area contributed by atoms with Gasteiger partial charge < -0.3 is 15.2 Å². The summed E-state index contributed by atoms with van der Waals surface area (Å²) in [4.78, 5) is 0. The standard InChI is InChI=1S/C15H25NO2/c1-12(2)15(11-18-3)16-14(10-17)9-13-7-5-4-6-8-13/h4-8,12,14-17H,9-11H2,1-3H3/t14-,15?/m1/s1. The number of benzene rings is 1. The van der Waals surface area contributed by atoms with Gasteiger partial charge in [0.25, 0.3) is 0 Å². The smallest absolute Gasteiger partial charge is 0.0618 e. The second kappa shape index (κ2) is 8.25. The van der Waals surface area contributed by atoms with Crippen LogP contribution in [0.5, 0.6) is 0 Å². The fourth-order valence-electron chi connectivity index (χ4n) is 1.99. The van der Waals surface area contributed by atoms with Gasteiger partial charge in [-0.05, 0) is 17.9 Å². The maximum atomic E-state index is 9.48. The van der Waals surface area contributed by atoms with Crippen LogP contribution < -0.4 is 5.32 Å². The normalized spacial score (nSPS) is 14.7. The van der Waals surface area contributed by atoms with Gasteiger partial charge >= 0.3 is 0 Å². The summed E-state index contributed by atoms with van der Waals surface area (Å²) < 4.78 is 5.22. The number of ether oxygens (including phenoxy) is 1. The summed E-state index contributed by atoms with van der Waals surface area (Å²) in [6, 6.07) is 10.6. The summed E-state index contributed by atoms with van der Waals surface area (Å²) >= 11 is 0. The molecule has 0 bridgehead atoms. The number of aliphatic hydroxyl groups is 1. The first-order valence-corrected chi connectivity index (χ1v) is 6.57. The molecule has 0 saturated carbocycles. The van der Waals surface area contributed by atoms with E-state index in [1.54, 1.807) is 7.11 Å². The molecule has 0 heterocycles. The van der Waals surface area contributed by atoms with E-state index in [2.05, 4.69) is 31.3 Å². The van der Waals surface area contributed by atoms with E-state index in [9.17, 15) is 5.11 Å². The molecule has 1 rings (SSSR count). The highest BCUT2D eigenvalue weighted by Gasteiger charge is 2.18. The van der Waals surface area contributed by atoms with Crippen LogP contribution in [0.4, 0.5) is 0 Å². The van der Waals surface area contributed by atoms with Gasteiger partial charge in [-0.3, -0.25) is 0 Å². The molecule has 102 valence electrons. The van der Waals surface area contributed by atoms with Crippen LogP contribution in [0, 0.1) is 5.92 Å². The molecule has 2 N–H and O–H groups in total. The first-order valence-electron chi connectivity index (χ1n) is 6.57. The van der Waals surface area contributed by atoms with E-state index in [-0.39, 0.29) is 18.7 Å². The average molecular weight is 251 g/mol. The summed E-state index contributed by atoms with van der Waals surface area (Å²) in [7, 11) is 1.71. The number of nitrogens with one attached hydrogen (secondary N) is 1. The Balaban J connectivity index is 2.55. The predicted octanol–water partition coefficient (Wildman–Crippen LogP) is 1.85. The van der Waals surface area contributed by atoms with Gasteiger partial charge in [0, 0.05) is 19.2 Å². The molecule has 0 aliphatic carbocycles. The maximum Gasteiger partial charge on any atom is 0.0618 e. The first kappa shape index (κ1) is 15.2. The van der Waals surface area contributed by atoms with Crippen molar-refractivity contribution in [1.82, 2.24) is 5.32 Å². The third kappa shape index (κ3) is 5.17. The topological polar surface area (TPSA) is 41.5 Å². The van der Waals surface area contributed by atoms with Crippen molar-refractivity contribution in [2.75, 3.05) is 20.3 Å². The Morgan fingerprint density at radius 1 is 1.22 bits per heavy atom. The van der Waals surface area contributed by atoms with E-state index >= 15 is 0 Å². The Morgan fingerprint density at radius 3 is 2.39 bits per heavy atom. The first-order chi connectivity index (χ1) is 8.67. The molecule has 1 aromatic rings. The summed E-state index contributed by atoms with van der Waals surface area (Å²) in [5.74, 6) is 0.481. The van der Waals surface area contributed by atoms with Crippen LogP contribution in [-0.2, 0) is 11.2 Å². The van der Waals surface area contributed by atoms with Crippen LogP contribution in [0.1, 0.15) is 19.4 Å². The van der Waals surface area contributed by atoms with Crippen molar-refractivity contribution in [3.63, 3.8) is 0 Å². The van der Waals surface area contributed by atoms with Crippen molar-refractivity contribution in [2.24, 2.45) is 5.92 Å². The van der Waals surface area contributed by atoms with E-state index in [0.717, 1.165) is 6.42 Å². The molecule has 0 fully saturated rings. The largest absolute Gasteiger partial charge is 0.395 e. The predicted molar refractivity (Wildman–Crippen MR) is 74.7 cm³/mol. The molecule has 18 heavy (non-hydrogen) atoms. The summed E-state index contributed by atoms with van der Waals surface area (Å²) in [5, 5.41) is 13.0. The van der Waals surface area contributed by atoms with Crippen LogP contribution in [0.3, 0.4) is 0 Å². The second-order valence-electron chi connectivity index (χ2n) is 5.04. The molecule has 0 aliphatic rings. The Kier molecular flexibility index (Phi) is 6.94. The second-order valence-corrected chi connectivity index (χ2v) is 5.04. The van der Waals surface area contributed by atoms with E-state index in [1.807, 2.05) is 18.2 Å². The lowest BCUT2D eigenvalue weighted by molar-refractivity contribution is 0.129. The minimum absolute atomic E-state index is 0.0787. The fraction of sp³-hybridized carbons (Fsp3) is 0.600. The third-order valence-electron chi connectivity index (χ3n) is 3.15. The highest BCUT2D eigenvalue weighted by molar-refractivity contribution is 5.16. The molecule has 3 nitrogen and oxygen atoms in total. The van der Waals surface area contributed by atoms with E-state index < -0.39 is 0 Å². The summed E-state index contributed by atoms with van der Waals surface area (Å²) in [6.07, 6.45) is 0.838. The maximum absolute atomic E-state index is 9.48. The molecule has 0 aliphatic heterocycles. The summed E-state index contributed by atoms with van der Waals surface area (Å²) in [6.45, 7) is 5.13. The molecule has 1 unspecified atom stereocenters. The molecule has 0 amide bonds. The molecule has 0 spiro atoms. The number of hydrogen-bond acceptors (Lipinski definition) is 3. The monoisotopic (exact) mass is 251 g/mol. The lowest BCUT2D eigenvalue weighted by Crippen LogP contribution is -2.46. The Hall–Kier alpha value is -0.900. The minimum atomic E-state index is 0.0787. The molecule has 0 aromatic heterocycles. The third-order valence-corrected chi connectivity index (χ3v) is 3.15. The summed E-state index contributed by atoms with van der Waals surface area (Å²) in [5.41, 5.74) is 1.24. The highest BCUT2D eigenvalue weighted by atomic mass is 16.5. The van der Waals surface area contributed by atoms with Gasteiger partial charge in [-0.25, -0.2) is 0 Å². The number of hydrogen-bond donors (Lipinski definition) is 2. The lowest BCUT2D eigenvalue weighted by atomic mass is 10.0. The van der Waals surface area contributed by atoms with Gasteiger partial charge in [0.05, 0.1) is 13.2 Å². The fourth-order valence-corrected chi connectivity index (χ4v) is 1.99.